The van der Waals surface area contributed by atoms with E-state index in [0.717, 1.165) is 35.6 Å². The highest BCUT2D eigenvalue weighted by molar-refractivity contribution is 9.10. The molecule has 16 heavy (non-hydrogen) atoms. The van der Waals surface area contributed by atoms with Crippen molar-refractivity contribution in [2.45, 2.75) is 19.9 Å². The minimum Gasteiger partial charge on any atom is -0.354 e. The van der Waals surface area contributed by atoms with E-state index in [0.29, 0.717) is 6.04 Å². The Morgan fingerprint density at radius 2 is 2.12 bits per heavy atom. The van der Waals surface area contributed by atoms with Crippen LogP contribution in [0.25, 0.3) is 0 Å². The lowest BCUT2D eigenvalue weighted by Gasteiger charge is -2.38. The van der Waals surface area contributed by atoms with E-state index in [4.69, 9.17) is 0 Å². The van der Waals surface area contributed by atoms with Crippen LogP contribution in [0.3, 0.4) is 0 Å². The Hall–Kier alpha value is -0.610. The molecule has 1 fully saturated rings. The third-order valence-electron chi connectivity index (χ3n) is 3.29. The largest absolute Gasteiger partial charge is 0.354 e. The maximum Gasteiger partial charge on any atom is 0.128 e. The van der Waals surface area contributed by atoms with Crippen molar-refractivity contribution >= 4 is 21.7 Å². The molecule has 1 aliphatic rings. The second-order valence-corrected chi connectivity index (χ2v) is 5.37. The molecule has 1 aromatic rings. The van der Waals surface area contributed by atoms with Crippen LogP contribution in [0.1, 0.15) is 12.6 Å². The summed E-state index contributed by atoms with van der Waals surface area (Å²) in [5, 5.41) is 0. The summed E-state index contributed by atoms with van der Waals surface area (Å²) >= 11 is 3.49. The number of likely N-dealkylation sites (N-methyl/N-ethyl adjacent to an activating group) is 1. The zero-order valence-corrected chi connectivity index (χ0v) is 11.7. The van der Waals surface area contributed by atoms with Crippen LogP contribution in [-0.2, 0) is 0 Å². The first-order chi connectivity index (χ1) is 7.58. The van der Waals surface area contributed by atoms with Crippen LogP contribution in [-0.4, -0.2) is 42.6 Å². The SMILES string of the molecule is Cc1nc(N2CCN(C)C(C)C2)ccc1Br. The predicted octanol–water partition coefficient (Wildman–Crippen LogP) is 2.29. The van der Waals surface area contributed by atoms with Crippen molar-refractivity contribution in [3.63, 3.8) is 0 Å². The van der Waals surface area contributed by atoms with Crippen LogP contribution >= 0.6 is 15.9 Å². The summed E-state index contributed by atoms with van der Waals surface area (Å²) in [6, 6.07) is 4.77. The van der Waals surface area contributed by atoms with Crippen LogP contribution < -0.4 is 4.90 Å². The van der Waals surface area contributed by atoms with Crippen LogP contribution in [0.15, 0.2) is 16.6 Å². The van der Waals surface area contributed by atoms with E-state index < -0.39 is 0 Å². The van der Waals surface area contributed by atoms with Gasteiger partial charge in [-0.05, 0) is 49.0 Å². The van der Waals surface area contributed by atoms with E-state index in [2.05, 4.69) is 56.8 Å². The molecule has 0 saturated carbocycles. The van der Waals surface area contributed by atoms with Gasteiger partial charge in [-0.25, -0.2) is 4.98 Å². The van der Waals surface area contributed by atoms with E-state index in [1.807, 2.05) is 6.92 Å². The van der Waals surface area contributed by atoms with Crippen molar-refractivity contribution in [1.82, 2.24) is 9.88 Å². The lowest BCUT2D eigenvalue weighted by molar-refractivity contribution is 0.233. The third-order valence-corrected chi connectivity index (χ3v) is 4.13. The van der Waals surface area contributed by atoms with Crippen molar-refractivity contribution in [1.29, 1.82) is 0 Å². The average Bonchev–Trinajstić information content (AvgIpc) is 2.26. The summed E-state index contributed by atoms with van der Waals surface area (Å²) in [6.07, 6.45) is 0. The topological polar surface area (TPSA) is 19.4 Å². The molecule has 0 aromatic carbocycles. The zero-order chi connectivity index (χ0) is 11.7. The van der Waals surface area contributed by atoms with Crippen molar-refractivity contribution in [2.75, 3.05) is 31.6 Å². The molecule has 1 aliphatic heterocycles. The Morgan fingerprint density at radius 3 is 2.75 bits per heavy atom. The van der Waals surface area contributed by atoms with Gasteiger partial charge in [0.15, 0.2) is 0 Å². The van der Waals surface area contributed by atoms with Gasteiger partial charge in [-0.2, -0.15) is 0 Å². The Bertz CT molecular complexity index is 381. The number of aromatic nitrogens is 1. The number of hydrogen-bond acceptors (Lipinski definition) is 3. The van der Waals surface area contributed by atoms with E-state index in [1.54, 1.807) is 0 Å². The molecule has 0 amide bonds. The standard InChI is InChI=1S/C12H18BrN3/c1-9-8-16(7-6-15(9)3)12-5-4-11(13)10(2)14-12/h4-5,9H,6-8H2,1-3H3. The smallest absolute Gasteiger partial charge is 0.128 e. The van der Waals surface area contributed by atoms with Crippen LogP contribution in [0.4, 0.5) is 5.82 Å². The first kappa shape index (κ1) is 11.9. The molecular formula is C12H18BrN3. The third kappa shape index (κ3) is 2.38. The van der Waals surface area contributed by atoms with E-state index >= 15 is 0 Å². The molecule has 0 aliphatic carbocycles. The van der Waals surface area contributed by atoms with E-state index in [-0.39, 0.29) is 0 Å². The molecule has 88 valence electrons. The second kappa shape index (κ2) is 4.72. The van der Waals surface area contributed by atoms with Crippen molar-refractivity contribution in [2.24, 2.45) is 0 Å². The Balaban J connectivity index is 2.15. The minimum atomic E-state index is 0.597. The van der Waals surface area contributed by atoms with E-state index in [9.17, 15) is 0 Å². The molecule has 1 aromatic heterocycles. The summed E-state index contributed by atoms with van der Waals surface area (Å²) in [5.74, 6) is 1.10. The highest BCUT2D eigenvalue weighted by Crippen LogP contribution is 2.21. The molecule has 1 atom stereocenters. The van der Waals surface area contributed by atoms with Gasteiger partial charge in [0.25, 0.3) is 0 Å². The van der Waals surface area contributed by atoms with Gasteiger partial charge >= 0.3 is 0 Å². The van der Waals surface area contributed by atoms with Gasteiger partial charge in [0, 0.05) is 30.1 Å². The fraction of sp³-hybridized carbons (Fsp3) is 0.583. The molecule has 0 bridgehead atoms. The van der Waals surface area contributed by atoms with Crippen LogP contribution in [0.5, 0.6) is 0 Å². The zero-order valence-electron chi connectivity index (χ0n) is 10.1. The van der Waals surface area contributed by atoms with Gasteiger partial charge < -0.3 is 9.80 Å². The van der Waals surface area contributed by atoms with Gasteiger partial charge in [0.05, 0.1) is 5.69 Å². The molecule has 4 heteroatoms. The molecular weight excluding hydrogens is 266 g/mol. The molecule has 3 nitrogen and oxygen atoms in total. The number of anilines is 1. The number of pyridine rings is 1. The van der Waals surface area contributed by atoms with Gasteiger partial charge in [-0.15, -0.1) is 0 Å². The molecule has 1 saturated heterocycles. The summed E-state index contributed by atoms with van der Waals surface area (Å²) in [5.41, 5.74) is 1.06. The molecule has 0 N–H and O–H groups in total. The van der Waals surface area contributed by atoms with E-state index in [1.165, 1.54) is 0 Å². The summed E-state index contributed by atoms with van der Waals surface area (Å²) < 4.78 is 1.08. The Morgan fingerprint density at radius 1 is 1.38 bits per heavy atom. The van der Waals surface area contributed by atoms with Crippen molar-refractivity contribution in [3.05, 3.63) is 22.3 Å². The molecule has 0 radical (unpaired) electrons. The normalized spacial score (nSPS) is 22.5. The lowest BCUT2D eigenvalue weighted by atomic mass is 10.2. The number of hydrogen-bond donors (Lipinski definition) is 0. The summed E-state index contributed by atoms with van der Waals surface area (Å²) in [7, 11) is 2.18. The maximum absolute atomic E-state index is 4.62. The van der Waals surface area contributed by atoms with Gasteiger partial charge in [0.2, 0.25) is 0 Å². The molecule has 0 spiro atoms. The highest BCUT2D eigenvalue weighted by atomic mass is 79.9. The summed E-state index contributed by atoms with van der Waals surface area (Å²) in [4.78, 5) is 9.37. The Labute approximate surface area is 106 Å². The van der Waals surface area contributed by atoms with Crippen LogP contribution in [0.2, 0.25) is 0 Å². The number of aryl methyl sites for hydroxylation is 1. The molecule has 2 rings (SSSR count). The fourth-order valence-corrected chi connectivity index (χ4v) is 2.18. The molecule has 1 unspecified atom stereocenters. The van der Waals surface area contributed by atoms with Gasteiger partial charge in [-0.1, -0.05) is 0 Å². The second-order valence-electron chi connectivity index (χ2n) is 4.51. The first-order valence-electron chi connectivity index (χ1n) is 5.66. The monoisotopic (exact) mass is 283 g/mol. The first-order valence-corrected chi connectivity index (χ1v) is 6.45. The fourth-order valence-electron chi connectivity index (χ4n) is 1.96. The number of halogens is 1. The lowest BCUT2D eigenvalue weighted by Crippen LogP contribution is -2.50. The molecule has 2 heterocycles. The quantitative estimate of drug-likeness (QED) is 0.789. The Kier molecular flexibility index (Phi) is 3.50. The van der Waals surface area contributed by atoms with Gasteiger partial charge in [-0.3, -0.25) is 0 Å². The predicted molar refractivity (Wildman–Crippen MR) is 71.0 cm³/mol. The van der Waals surface area contributed by atoms with Crippen molar-refractivity contribution < 1.29 is 0 Å². The highest BCUT2D eigenvalue weighted by Gasteiger charge is 2.21. The summed E-state index contributed by atoms with van der Waals surface area (Å²) in [6.45, 7) is 7.53. The van der Waals surface area contributed by atoms with Gasteiger partial charge in [0.1, 0.15) is 5.82 Å². The average molecular weight is 284 g/mol. The van der Waals surface area contributed by atoms with Crippen LogP contribution in [0, 0.1) is 6.92 Å². The number of rotatable bonds is 1. The number of piperazine rings is 1. The maximum atomic E-state index is 4.62. The minimum absolute atomic E-state index is 0.597. The number of nitrogens with zero attached hydrogens (tertiary/aromatic N) is 3. The van der Waals surface area contributed by atoms with Crippen molar-refractivity contribution in [3.8, 4) is 0 Å².